The molecule has 0 fully saturated rings. The first kappa shape index (κ1) is 30.9. The smallest absolute Gasteiger partial charge is 0.326 e. The van der Waals surface area contributed by atoms with Gasteiger partial charge >= 0.3 is 5.97 Å². The summed E-state index contributed by atoms with van der Waals surface area (Å²) in [4.78, 5) is 63.6. The largest absolute Gasteiger partial charge is 0.480 e. The molecule has 12 N–H and O–H groups in total. The standard InChI is InChI=1S/C19H36N8O6S/c1-10(25-16(30)11(20)4-3-8-24-19(22)23)15(29)26-12(7-9-34-2)17(31)27-13(18(32)33)5-6-14(21)28/h10-13H,3-9,20H2,1-2H3,(H2,21,28)(H,25,30)(H,26,29)(H,27,31)(H,32,33)(H4,22,23,24). The van der Waals surface area contributed by atoms with Crippen LogP contribution in [0, 0.1) is 0 Å². The zero-order chi connectivity index (χ0) is 26.3. The molecule has 0 radical (unpaired) electrons. The van der Waals surface area contributed by atoms with Crippen molar-refractivity contribution in [1.29, 1.82) is 0 Å². The topological polar surface area (TPSA) is 258 Å². The molecule has 0 rings (SSSR count). The van der Waals surface area contributed by atoms with Gasteiger partial charge in [0.1, 0.15) is 18.1 Å². The molecular weight excluding hydrogens is 468 g/mol. The second-order valence-electron chi connectivity index (χ2n) is 7.53. The molecular formula is C19H36N8O6S. The summed E-state index contributed by atoms with van der Waals surface area (Å²) in [6.45, 7) is 1.73. The lowest BCUT2D eigenvalue weighted by molar-refractivity contribution is -0.142. The number of carboxylic acids is 1. The quantitative estimate of drug-likeness (QED) is 0.0563. The molecule has 4 atom stereocenters. The minimum atomic E-state index is -1.34. The highest BCUT2D eigenvalue weighted by Crippen LogP contribution is 2.05. The van der Waals surface area contributed by atoms with Crippen molar-refractivity contribution in [2.45, 2.75) is 63.2 Å². The van der Waals surface area contributed by atoms with Gasteiger partial charge in [-0.15, -0.1) is 0 Å². The lowest BCUT2D eigenvalue weighted by Crippen LogP contribution is -2.56. The van der Waals surface area contributed by atoms with Crippen molar-refractivity contribution in [3.8, 4) is 0 Å². The Morgan fingerprint density at radius 2 is 1.53 bits per heavy atom. The average Bonchev–Trinajstić information content (AvgIpc) is 2.75. The van der Waals surface area contributed by atoms with Crippen molar-refractivity contribution >= 4 is 47.3 Å². The van der Waals surface area contributed by atoms with E-state index >= 15 is 0 Å². The Morgan fingerprint density at radius 1 is 0.912 bits per heavy atom. The number of nitrogens with one attached hydrogen (secondary N) is 3. The van der Waals surface area contributed by atoms with Crippen LogP contribution < -0.4 is 38.9 Å². The Balaban J connectivity index is 4.96. The third-order valence-corrected chi connectivity index (χ3v) is 5.24. The molecule has 0 aliphatic rings. The normalized spacial score (nSPS) is 14.1. The van der Waals surface area contributed by atoms with Crippen LogP contribution in [0.25, 0.3) is 0 Å². The number of nitrogens with zero attached hydrogens (tertiary/aromatic N) is 1. The van der Waals surface area contributed by atoms with Gasteiger partial charge in [-0.05, 0) is 44.6 Å². The summed E-state index contributed by atoms with van der Waals surface area (Å²) in [5.41, 5.74) is 21.3. The van der Waals surface area contributed by atoms with Gasteiger partial charge in [-0.1, -0.05) is 0 Å². The van der Waals surface area contributed by atoms with Gasteiger partial charge in [0, 0.05) is 13.0 Å². The van der Waals surface area contributed by atoms with Crippen molar-refractivity contribution in [3.05, 3.63) is 0 Å². The van der Waals surface area contributed by atoms with Crippen molar-refractivity contribution < 1.29 is 29.1 Å². The molecule has 0 aliphatic heterocycles. The monoisotopic (exact) mass is 504 g/mol. The van der Waals surface area contributed by atoms with Gasteiger partial charge in [-0.2, -0.15) is 11.8 Å². The van der Waals surface area contributed by atoms with E-state index in [9.17, 15) is 29.1 Å². The van der Waals surface area contributed by atoms with Crippen LogP contribution in [-0.2, 0) is 24.0 Å². The maximum absolute atomic E-state index is 12.6. The van der Waals surface area contributed by atoms with Crippen molar-refractivity contribution in [3.63, 3.8) is 0 Å². The Morgan fingerprint density at radius 3 is 2.06 bits per heavy atom. The number of hydrogen-bond donors (Lipinski definition) is 8. The van der Waals surface area contributed by atoms with Gasteiger partial charge in [0.05, 0.1) is 6.04 Å². The summed E-state index contributed by atoms with van der Waals surface area (Å²) in [6.07, 6.45) is 2.36. The van der Waals surface area contributed by atoms with Crippen molar-refractivity contribution in [2.24, 2.45) is 27.9 Å². The summed E-state index contributed by atoms with van der Waals surface area (Å²) >= 11 is 1.43. The van der Waals surface area contributed by atoms with Crippen LogP contribution in [0.5, 0.6) is 0 Å². The summed E-state index contributed by atoms with van der Waals surface area (Å²) in [5, 5.41) is 16.6. The van der Waals surface area contributed by atoms with Crippen LogP contribution in [0.1, 0.15) is 39.0 Å². The van der Waals surface area contributed by atoms with E-state index in [2.05, 4.69) is 20.9 Å². The maximum Gasteiger partial charge on any atom is 0.326 e. The molecule has 14 nitrogen and oxygen atoms in total. The van der Waals surface area contributed by atoms with Crippen LogP contribution in [0.4, 0.5) is 0 Å². The number of guanidine groups is 1. The molecule has 0 aromatic rings. The molecule has 194 valence electrons. The second-order valence-corrected chi connectivity index (χ2v) is 8.52. The van der Waals surface area contributed by atoms with E-state index in [1.807, 2.05) is 0 Å². The van der Waals surface area contributed by atoms with Gasteiger partial charge in [-0.25, -0.2) is 4.79 Å². The number of primary amides is 1. The fourth-order valence-corrected chi connectivity index (χ4v) is 3.13. The molecule has 4 amide bonds. The minimum Gasteiger partial charge on any atom is -0.480 e. The molecule has 4 unspecified atom stereocenters. The number of thioether (sulfide) groups is 1. The number of aliphatic imine (C=N–C) groups is 1. The number of amides is 4. The number of rotatable bonds is 17. The Hall–Kier alpha value is -3.07. The summed E-state index contributed by atoms with van der Waals surface area (Å²) < 4.78 is 0. The van der Waals surface area contributed by atoms with Crippen LogP contribution in [0.3, 0.4) is 0 Å². The molecule has 0 aromatic carbocycles. The number of aliphatic carboxylic acids is 1. The minimum absolute atomic E-state index is 0.0640. The maximum atomic E-state index is 12.6. The molecule has 15 heteroatoms. The van der Waals surface area contributed by atoms with E-state index in [0.717, 1.165) is 0 Å². The lowest BCUT2D eigenvalue weighted by atomic mass is 10.1. The third-order valence-electron chi connectivity index (χ3n) is 4.59. The molecule has 0 spiro atoms. The molecule has 0 saturated heterocycles. The Bertz CT molecular complexity index is 746. The fraction of sp³-hybridized carbons (Fsp3) is 0.684. The van der Waals surface area contributed by atoms with Crippen molar-refractivity contribution in [2.75, 3.05) is 18.6 Å². The van der Waals surface area contributed by atoms with Gasteiger partial charge < -0.3 is 44.0 Å². The number of carbonyl (C=O) groups excluding carboxylic acids is 4. The van der Waals surface area contributed by atoms with Crippen molar-refractivity contribution in [1.82, 2.24) is 16.0 Å². The highest BCUT2D eigenvalue weighted by atomic mass is 32.2. The van der Waals surface area contributed by atoms with E-state index in [0.29, 0.717) is 18.7 Å². The predicted octanol–water partition coefficient (Wildman–Crippen LogP) is -3.06. The van der Waals surface area contributed by atoms with E-state index < -0.39 is 53.8 Å². The molecule has 0 heterocycles. The molecule has 0 bridgehead atoms. The van der Waals surface area contributed by atoms with Gasteiger partial charge in [0.15, 0.2) is 5.96 Å². The van der Waals surface area contributed by atoms with Gasteiger partial charge in [0.25, 0.3) is 0 Å². The third kappa shape index (κ3) is 13.5. The van der Waals surface area contributed by atoms with Gasteiger partial charge in [0.2, 0.25) is 23.6 Å². The van der Waals surface area contributed by atoms with Crippen LogP contribution in [0.2, 0.25) is 0 Å². The van der Waals surface area contributed by atoms with Crippen LogP contribution in [0.15, 0.2) is 4.99 Å². The molecule has 0 aliphatic carbocycles. The SMILES string of the molecule is CSCCC(NC(=O)C(C)NC(=O)C(N)CCCN=C(N)N)C(=O)NC(CCC(N)=O)C(=O)O. The number of carboxylic acid groups (broad SMARTS) is 1. The van der Waals surface area contributed by atoms with Crippen LogP contribution >= 0.6 is 11.8 Å². The van der Waals surface area contributed by atoms with Gasteiger partial charge in [-0.3, -0.25) is 24.2 Å². The summed E-state index contributed by atoms with van der Waals surface area (Å²) in [7, 11) is 0. The fourth-order valence-electron chi connectivity index (χ4n) is 2.65. The zero-order valence-corrected chi connectivity index (χ0v) is 20.2. The van der Waals surface area contributed by atoms with E-state index in [1.165, 1.54) is 18.7 Å². The zero-order valence-electron chi connectivity index (χ0n) is 19.4. The highest BCUT2D eigenvalue weighted by molar-refractivity contribution is 7.98. The second kappa shape index (κ2) is 16.5. The molecule has 0 saturated carbocycles. The number of nitrogens with two attached hydrogens (primary N) is 4. The lowest BCUT2D eigenvalue weighted by Gasteiger charge is -2.23. The Kier molecular flexibility index (Phi) is 15.0. The highest BCUT2D eigenvalue weighted by Gasteiger charge is 2.28. The molecule has 0 aromatic heterocycles. The predicted molar refractivity (Wildman–Crippen MR) is 128 cm³/mol. The average molecular weight is 505 g/mol. The number of hydrogen-bond acceptors (Lipinski definition) is 8. The first-order valence-corrected chi connectivity index (χ1v) is 12.0. The van der Waals surface area contributed by atoms with E-state index in [1.54, 1.807) is 6.26 Å². The molecule has 34 heavy (non-hydrogen) atoms. The van der Waals surface area contributed by atoms with E-state index in [-0.39, 0.29) is 31.6 Å². The van der Waals surface area contributed by atoms with E-state index in [4.69, 9.17) is 22.9 Å². The summed E-state index contributed by atoms with van der Waals surface area (Å²) in [5.74, 6) is -3.54. The first-order chi connectivity index (χ1) is 15.9. The first-order valence-electron chi connectivity index (χ1n) is 10.6. The van der Waals surface area contributed by atoms with Crippen LogP contribution in [-0.4, -0.2) is 83.4 Å². The number of carbonyl (C=O) groups is 5. The Labute approximate surface area is 202 Å². The summed E-state index contributed by atoms with van der Waals surface area (Å²) in [6, 6.07) is -4.29.